The zero-order valence-corrected chi connectivity index (χ0v) is 14.4. The summed E-state index contributed by atoms with van der Waals surface area (Å²) >= 11 is 1.78. The second kappa shape index (κ2) is 10.2. The SMILES string of the molecule is CC1=CCCC=C1.Cc1cccc(C)c1.Cc1cccs1. The lowest BCUT2D eigenvalue weighted by Crippen LogP contribution is -1.76. The highest BCUT2D eigenvalue weighted by atomic mass is 32.1. The highest BCUT2D eigenvalue weighted by molar-refractivity contribution is 7.09. The second-order valence-electron chi connectivity index (χ2n) is 5.31. The molecule has 0 spiro atoms. The zero-order valence-electron chi connectivity index (χ0n) is 13.6. The van der Waals surface area contributed by atoms with E-state index in [0.29, 0.717) is 0 Å². The summed E-state index contributed by atoms with van der Waals surface area (Å²) in [6, 6.07) is 12.6. The molecule has 0 saturated heterocycles. The molecule has 0 fully saturated rings. The van der Waals surface area contributed by atoms with E-state index in [9.17, 15) is 0 Å². The third-order valence-electron chi connectivity index (χ3n) is 3.02. The molecule has 3 rings (SSSR count). The molecule has 2 aromatic rings. The van der Waals surface area contributed by atoms with Crippen molar-refractivity contribution in [1.29, 1.82) is 0 Å². The molecule has 0 radical (unpaired) electrons. The predicted octanol–water partition coefficient (Wildman–Crippen LogP) is 6.64. The molecule has 0 atom stereocenters. The van der Waals surface area contributed by atoms with Gasteiger partial charge in [-0.25, -0.2) is 0 Å². The van der Waals surface area contributed by atoms with E-state index >= 15 is 0 Å². The van der Waals surface area contributed by atoms with Crippen molar-refractivity contribution in [1.82, 2.24) is 0 Å². The molecule has 0 amide bonds. The number of benzene rings is 1. The monoisotopic (exact) mass is 298 g/mol. The van der Waals surface area contributed by atoms with E-state index in [1.807, 2.05) is 0 Å². The van der Waals surface area contributed by atoms with Crippen LogP contribution in [0.4, 0.5) is 0 Å². The van der Waals surface area contributed by atoms with Crippen LogP contribution in [0.3, 0.4) is 0 Å². The van der Waals surface area contributed by atoms with E-state index in [-0.39, 0.29) is 0 Å². The van der Waals surface area contributed by atoms with Crippen molar-refractivity contribution in [2.45, 2.75) is 40.5 Å². The quantitative estimate of drug-likeness (QED) is 0.511. The summed E-state index contributed by atoms with van der Waals surface area (Å²) < 4.78 is 0. The van der Waals surface area contributed by atoms with E-state index in [1.165, 1.54) is 34.4 Å². The lowest BCUT2D eigenvalue weighted by atomic mass is 10.1. The third kappa shape index (κ3) is 9.04. The predicted molar refractivity (Wildman–Crippen MR) is 97.1 cm³/mol. The Morgan fingerprint density at radius 3 is 1.81 bits per heavy atom. The third-order valence-corrected chi connectivity index (χ3v) is 3.82. The molecule has 0 N–H and O–H groups in total. The van der Waals surface area contributed by atoms with Crippen LogP contribution in [0.2, 0.25) is 0 Å². The Hall–Kier alpha value is -1.60. The Labute approximate surface area is 133 Å². The largest absolute Gasteiger partial charge is 0.149 e. The highest BCUT2D eigenvalue weighted by Gasteiger charge is 1.86. The smallest absolute Gasteiger partial charge is 0.00141 e. The summed E-state index contributed by atoms with van der Waals surface area (Å²) in [6.45, 7) is 8.44. The van der Waals surface area contributed by atoms with Gasteiger partial charge in [0.15, 0.2) is 0 Å². The van der Waals surface area contributed by atoms with Crippen molar-refractivity contribution in [3.05, 3.63) is 81.6 Å². The van der Waals surface area contributed by atoms with Crippen molar-refractivity contribution in [3.8, 4) is 0 Å². The highest BCUT2D eigenvalue weighted by Crippen LogP contribution is 2.07. The van der Waals surface area contributed by atoms with Crippen molar-refractivity contribution < 1.29 is 0 Å². The summed E-state index contributed by atoms with van der Waals surface area (Å²) in [6.07, 6.45) is 9.12. The topological polar surface area (TPSA) is 0 Å². The van der Waals surface area contributed by atoms with E-state index in [0.717, 1.165) is 0 Å². The first-order valence-corrected chi connectivity index (χ1v) is 8.32. The minimum absolute atomic E-state index is 1.23. The maximum Gasteiger partial charge on any atom is 0.00141 e. The van der Waals surface area contributed by atoms with Gasteiger partial charge in [0, 0.05) is 4.88 Å². The van der Waals surface area contributed by atoms with Crippen LogP contribution in [0.1, 0.15) is 35.8 Å². The second-order valence-corrected chi connectivity index (χ2v) is 6.46. The van der Waals surface area contributed by atoms with Crippen LogP contribution in [-0.4, -0.2) is 0 Å². The normalized spacial score (nSPS) is 12.5. The van der Waals surface area contributed by atoms with Gasteiger partial charge in [-0.15, -0.1) is 11.3 Å². The van der Waals surface area contributed by atoms with Crippen LogP contribution in [0.25, 0.3) is 0 Å². The van der Waals surface area contributed by atoms with Gasteiger partial charge in [0.05, 0.1) is 0 Å². The molecule has 1 aromatic carbocycles. The lowest BCUT2D eigenvalue weighted by molar-refractivity contribution is 1.02. The maximum atomic E-state index is 2.26. The van der Waals surface area contributed by atoms with Gasteiger partial charge < -0.3 is 0 Å². The Balaban J connectivity index is 0.000000159. The van der Waals surface area contributed by atoms with Crippen LogP contribution in [0.5, 0.6) is 0 Å². The first-order chi connectivity index (χ1) is 10.1. The number of hydrogen-bond acceptors (Lipinski definition) is 1. The van der Waals surface area contributed by atoms with E-state index < -0.39 is 0 Å². The summed E-state index contributed by atoms with van der Waals surface area (Å²) in [7, 11) is 0. The molecule has 0 aliphatic heterocycles. The van der Waals surface area contributed by atoms with Crippen LogP contribution in [0, 0.1) is 20.8 Å². The zero-order chi connectivity index (χ0) is 15.5. The van der Waals surface area contributed by atoms with Gasteiger partial charge in [-0.1, -0.05) is 65.3 Å². The summed E-state index contributed by atoms with van der Waals surface area (Å²) in [5.74, 6) is 0. The first kappa shape index (κ1) is 17.5. The van der Waals surface area contributed by atoms with Gasteiger partial charge in [0.1, 0.15) is 0 Å². The molecule has 1 heteroatoms. The Morgan fingerprint density at radius 2 is 1.57 bits per heavy atom. The molecule has 0 unspecified atom stereocenters. The minimum atomic E-state index is 1.23. The molecule has 0 nitrogen and oxygen atoms in total. The van der Waals surface area contributed by atoms with E-state index in [2.05, 4.69) is 87.7 Å². The first-order valence-electron chi connectivity index (χ1n) is 7.44. The molecule has 1 aliphatic carbocycles. The summed E-state index contributed by atoms with van der Waals surface area (Å²) in [5.41, 5.74) is 4.08. The van der Waals surface area contributed by atoms with Gasteiger partial charge >= 0.3 is 0 Å². The summed E-state index contributed by atoms with van der Waals surface area (Å²) in [4.78, 5) is 1.38. The fraction of sp³-hybridized carbons (Fsp3) is 0.300. The average molecular weight is 298 g/mol. The Bertz CT molecular complexity index is 542. The maximum absolute atomic E-state index is 2.26. The van der Waals surface area contributed by atoms with Gasteiger partial charge in [-0.3, -0.25) is 0 Å². The molecule has 1 aromatic heterocycles. The number of rotatable bonds is 0. The van der Waals surface area contributed by atoms with E-state index in [4.69, 9.17) is 0 Å². The van der Waals surface area contributed by atoms with Crippen molar-refractivity contribution in [3.63, 3.8) is 0 Å². The van der Waals surface area contributed by atoms with Crippen LogP contribution in [-0.2, 0) is 0 Å². The number of thiophene rings is 1. The lowest BCUT2D eigenvalue weighted by Gasteiger charge is -1.96. The summed E-state index contributed by atoms with van der Waals surface area (Å²) in [5, 5.41) is 2.08. The van der Waals surface area contributed by atoms with Crippen molar-refractivity contribution in [2.24, 2.45) is 0 Å². The standard InChI is InChI=1S/C8H10.C7H10.C5H6S/c1-7-4-3-5-8(2)6-7;1-7-5-3-2-4-6-7;1-5-3-2-4-6-5/h3-6H,1-2H3;3,5-6H,2,4H2,1H3;2-4H,1H3. The fourth-order valence-corrected chi connectivity index (χ4v) is 2.44. The molecule has 21 heavy (non-hydrogen) atoms. The van der Waals surface area contributed by atoms with Crippen LogP contribution >= 0.6 is 11.3 Å². The van der Waals surface area contributed by atoms with Gasteiger partial charge in [-0.05, 0) is 52.0 Å². The molecular formula is C20H26S. The van der Waals surface area contributed by atoms with Crippen molar-refractivity contribution in [2.75, 3.05) is 0 Å². The molecular weight excluding hydrogens is 272 g/mol. The number of aryl methyl sites for hydroxylation is 3. The molecule has 1 aliphatic rings. The average Bonchev–Trinajstić information content (AvgIpc) is 2.92. The number of allylic oxidation sites excluding steroid dienone is 4. The fourth-order valence-electron chi connectivity index (χ4n) is 1.91. The van der Waals surface area contributed by atoms with Crippen LogP contribution in [0.15, 0.2) is 65.6 Å². The van der Waals surface area contributed by atoms with Crippen molar-refractivity contribution >= 4 is 11.3 Å². The number of hydrogen-bond donors (Lipinski definition) is 0. The van der Waals surface area contributed by atoms with Gasteiger partial charge in [0.2, 0.25) is 0 Å². The molecule has 112 valence electrons. The van der Waals surface area contributed by atoms with Gasteiger partial charge in [0.25, 0.3) is 0 Å². The minimum Gasteiger partial charge on any atom is -0.149 e. The Kier molecular flexibility index (Phi) is 8.45. The van der Waals surface area contributed by atoms with E-state index in [1.54, 1.807) is 11.3 Å². The molecule has 1 heterocycles. The molecule has 0 bridgehead atoms. The molecule has 0 saturated carbocycles. The van der Waals surface area contributed by atoms with Crippen LogP contribution < -0.4 is 0 Å². The Morgan fingerprint density at radius 1 is 0.857 bits per heavy atom. The van der Waals surface area contributed by atoms with Gasteiger partial charge in [-0.2, -0.15) is 0 Å².